The molecule has 0 radical (unpaired) electrons. The highest BCUT2D eigenvalue weighted by Gasteiger charge is 2.20. The number of amides is 1. The van der Waals surface area contributed by atoms with Crippen LogP contribution in [0.15, 0.2) is 24.3 Å². The van der Waals surface area contributed by atoms with Crippen molar-refractivity contribution >= 4 is 5.91 Å². The Morgan fingerprint density at radius 1 is 0.446 bits per heavy atom. The minimum Gasteiger partial charge on any atom is -0.394 e. The van der Waals surface area contributed by atoms with E-state index in [2.05, 4.69) is 31.3 Å². The van der Waals surface area contributed by atoms with Gasteiger partial charge in [-0.05, 0) is 32.1 Å². The van der Waals surface area contributed by atoms with Gasteiger partial charge in [0.2, 0.25) is 5.91 Å². The summed E-state index contributed by atoms with van der Waals surface area (Å²) in [5, 5.41) is 33.3. The van der Waals surface area contributed by atoms with E-state index in [0.29, 0.717) is 6.42 Å². The van der Waals surface area contributed by atoms with Crippen molar-refractivity contribution in [3.05, 3.63) is 24.3 Å². The first-order valence-electron chi connectivity index (χ1n) is 25.1. The molecule has 3 atom stereocenters. The van der Waals surface area contributed by atoms with Crippen LogP contribution >= 0.6 is 0 Å². The molecule has 332 valence electrons. The largest absolute Gasteiger partial charge is 0.394 e. The van der Waals surface area contributed by atoms with Crippen LogP contribution in [0, 0.1) is 0 Å². The number of unbranched alkanes of at least 4 members (excludes halogenated alkanes) is 35. The average Bonchev–Trinajstić information content (AvgIpc) is 3.19. The Labute approximate surface area is 350 Å². The summed E-state index contributed by atoms with van der Waals surface area (Å²) in [6.45, 7) is 4.23. The van der Waals surface area contributed by atoms with Gasteiger partial charge in [0, 0.05) is 0 Å². The highest BCUT2D eigenvalue weighted by molar-refractivity contribution is 5.76. The van der Waals surface area contributed by atoms with E-state index in [1.54, 1.807) is 6.08 Å². The molecule has 0 aliphatic carbocycles. The van der Waals surface area contributed by atoms with E-state index in [1.165, 1.54) is 212 Å². The molecule has 5 nitrogen and oxygen atoms in total. The molecule has 0 spiro atoms. The molecule has 4 N–H and O–H groups in total. The molecule has 1 amide bonds. The van der Waals surface area contributed by atoms with Gasteiger partial charge < -0.3 is 20.6 Å². The van der Waals surface area contributed by atoms with Crippen LogP contribution < -0.4 is 5.32 Å². The Hall–Kier alpha value is -1.17. The lowest BCUT2D eigenvalue weighted by molar-refractivity contribution is -0.124. The van der Waals surface area contributed by atoms with Gasteiger partial charge in [-0.2, -0.15) is 0 Å². The van der Waals surface area contributed by atoms with Gasteiger partial charge in [-0.15, -0.1) is 0 Å². The van der Waals surface area contributed by atoms with Crippen LogP contribution in [0.1, 0.15) is 271 Å². The van der Waals surface area contributed by atoms with Crippen LogP contribution in [0.25, 0.3) is 0 Å². The van der Waals surface area contributed by atoms with Crippen LogP contribution in [0.4, 0.5) is 0 Å². The molecule has 0 aliphatic heterocycles. The normalized spacial score (nSPS) is 13.6. The van der Waals surface area contributed by atoms with E-state index < -0.39 is 18.2 Å². The number of hydrogen-bond acceptors (Lipinski definition) is 4. The minimum absolute atomic E-state index is 0.0100. The van der Waals surface area contributed by atoms with E-state index in [-0.39, 0.29) is 18.9 Å². The zero-order chi connectivity index (χ0) is 40.8. The molecule has 5 heteroatoms. The van der Waals surface area contributed by atoms with Gasteiger partial charge in [0.05, 0.1) is 31.3 Å². The highest BCUT2D eigenvalue weighted by Crippen LogP contribution is 2.17. The summed E-state index contributed by atoms with van der Waals surface area (Å²) in [7, 11) is 0. The number of aliphatic hydroxyl groups excluding tert-OH is 3. The van der Waals surface area contributed by atoms with Crippen LogP contribution in [0.2, 0.25) is 0 Å². The standard InChI is InChI=1S/C51H99NO4/c1-3-5-7-9-11-13-15-17-19-21-23-24-25-26-27-29-31-33-35-37-39-41-43-45-50(55)49(47-53)52-51(56)46-48(54)44-42-40-38-36-34-32-30-28-22-20-18-16-14-12-10-8-6-4-2/h35,37,43,45,48-50,53-55H,3-34,36,38-42,44,46-47H2,1-2H3,(H,52,56)/b37-35+,45-43+. The molecule has 3 unspecified atom stereocenters. The van der Waals surface area contributed by atoms with Gasteiger partial charge in [0.25, 0.3) is 0 Å². The van der Waals surface area contributed by atoms with Crippen molar-refractivity contribution in [3.63, 3.8) is 0 Å². The zero-order valence-corrected chi connectivity index (χ0v) is 37.8. The van der Waals surface area contributed by atoms with Crippen molar-refractivity contribution in [3.8, 4) is 0 Å². The summed E-state index contributed by atoms with van der Waals surface area (Å²) in [6.07, 6.45) is 57.7. The first-order chi connectivity index (χ1) is 27.5. The molecule has 0 aliphatic rings. The lowest BCUT2D eigenvalue weighted by Gasteiger charge is -2.21. The Morgan fingerprint density at radius 3 is 1.14 bits per heavy atom. The topological polar surface area (TPSA) is 89.8 Å². The maximum absolute atomic E-state index is 12.5. The second-order valence-electron chi connectivity index (χ2n) is 17.4. The summed E-state index contributed by atoms with van der Waals surface area (Å²) in [6, 6.07) is -0.758. The summed E-state index contributed by atoms with van der Waals surface area (Å²) in [5.41, 5.74) is 0. The summed E-state index contributed by atoms with van der Waals surface area (Å²) < 4.78 is 0. The van der Waals surface area contributed by atoms with Crippen molar-refractivity contribution in [2.24, 2.45) is 0 Å². The van der Waals surface area contributed by atoms with E-state index in [9.17, 15) is 20.1 Å². The molecule has 0 aromatic rings. The van der Waals surface area contributed by atoms with Crippen molar-refractivity contribution in [1.82, 2.24) is 5.32 Å². The maximum Gasteiger partial charge on any atom is 0.222 e. The third-order valence-corrected chi connectivity index (χ3v) is 11.7. The zero-order valence-electron chi connectivity index (χ0n) is 37.8. The Bertz CT molecular complexity index is 829. The monoisotopic (exact) mass is 790 g/mol. The molecule has 56 heavy (non-hydrogen) atoms. The van der Waals surface area contributed by atoms with Crippen molar-refractivity contribution in [1.29, 1.82) is 0 Å². The fourth-order valence-electron chi connectivity index (χ4n) is 7.89. The fraction of sp³-hybridized carbons (Fsp3) is 0.902. The SMILES string of the molecule is CCCCCCCCCCCCCCCCCCC/C=C/CC/C=C/C(O)C(CO)NC(=O)CC(O)CCCCCCCCCCCCCCCCCCCC. The number of carbonyl (C=O) groups excluding carboxylic acids is 1. The van der Waals surface area contributed by atoms with Crippen LogP contribution in [-0.4, -0.2) is 46.1 Å². The van der Waals surface area contributed by atoms with Gasteiger partial charge in [-0.1, -0.05) is 256 Å². The second kappa shape index (κ2) is 46.5. The van der Waals surface area contributed by atoms with Gasteiger partial charge in [0.15, 0.2) is 0 Å². The third-order valence-electron chi connectivity index (χ3n) is 11.7. The lowest BCUT2D eigenvalue weighted by Crippen LogP contribution is -2.45. The van der Waals surface area contributed by atoms with E-state index in [0.717, 1.165) is 32.1 Å². The molecule has 0 rings (SSSR count). The molecule has 0 heterocycles. The minimum atomic E-state index is -0.949. The van der Waals surface area contributed by atoms with Gasteiger partial charge in [-0.3, -0.25) is 4.79 Å². The quantitative estimate of drug-likeness (QED) is 0.0365. The van der Waals surface area contributed by atoms with Gasteiger partial charge >= 0.3 is 0 Å². The van der Waals surface area contributed by atoms with Crippen molar-refractivity contribution in [2.75, 3.05) is 6.61 Å². The van der Waals surface area contributed by atoms with Crippen molar-refractivity contribution in [2.45, 2.75) is 289 Å². The second-order valence-corrected chi connectivity index (χ2v) is 17.4. The Morgan fingerprint density at radius 2 is 0.768 bits per heavy atom. The number of carbonyl (C=O) groups is 1. The number of aliphatic hydroxyl groups is 3. The number of allylic oxidation sites excluding steroid dienone is 3. The maximum atomic E-state index is 12.5. The predicted molar refractivity (Wildman–Crippen MR) is 245 cm³/mol. The summed E-state index contributed by atoms with van der Waals surface area (Å²) in [5.74, 6) is -0.321. The number of hydrogen-bond donors (Lipinski definition) is 4. The summed E-state index contributed by atoms with van der Waals surface area (Å²) in [4.78, 5) is 12.5. The van der Waals surface area contributed by atoms with Crippen LogP contribution in [0.5, 0.6) is 0 Å². The molecule has 0 saturated heterocycles. The van der Waals surface area contributed by atoms with Gasteiger partial charge in [0.1, 0.15) is 0 Å². The highest BCUT2D eigenvalue weighted by atomic mass is 16.3. The molecule has 0 bridgehead atoms. The summed E-state index contributed by atoms with van der Waals surface area (Å²) >= 11 is 0. The average molecular weight is 790 g/mol. The predicted octanol–water partition coefficient (Wildman–Crippen LogP) is 14.9. The fourth-order valence-corrected chi connectivity index (χ4v) is 7.89. The molecule has 0 fully saturated rings. The Balaban J connectivity index is 3.63. The number of nitrogens with one attached hydrogen (secondary N) is 1. The van der Waals surface area contributed by atoms with Gasteiger partial charge in [-0.25, -0.2) is 0 Å². The first-order valence-corrected chi connectivity index (χ1v) is 25.1. The van der Waals surface area contributed by atoms with Crippen molar-refractivity contribution < 1.29 is 20.1 Å². The number of rotatable bonds is 46. The van der Waals surface area contributed by atoms with E-state index >= 15 is 0 Å². The third kappa shape index (κ3) is 42.4. The van der Waals surface area contributed by atoms with E-state index in [4.69, 9.17) is 0 Å². The smallest absolute Gasteiger partial charge is 0.222 e. The lowest BCUT2D eigenvalue weighted by atomic mass is 10.0. The van der Waals surface area contributed by atoms with Crippen LogP contribution in [0.3, 0.4) is 0 Å². The Kier molecular flexibility index (Phi) is 45.5. The van der Waals surface area contributed by atoms with Crippen LogP contribution in [-0.2, 0) is 4.79 Å². The molecule has 0 aromatic carbocycles. The molecular formula is C51H99NO4. The molecule has 0 saturated carbocycles. The molecular weight excluding hydrogens is 691 g/mol. The molecule has 0 aromatic heterocycles. The van der Waals surface area contributed by atoms with E-state index in [1.807, 2.05) is 6.08 Å². The first kappa shape index (κ1) is 54.8.